The Kier molecular flexibility index (Phi) is 6.51. The third-order valence-corrected chi connectivity index (χ3v) is 4.09. The third-order valence-electron chi connectivity index (χ3n) is 4.09. The molecule has 1 N–H and O–H groups in total. The molecule has 0 bridgehead atoms. The second kappa shape index (κ2) is 8.60. The largest absolute Gasteiger partial charge is 0.357 e. The van der Waals surface area contributed by atoms with Crippen LogP contribution in [0.5, 0.6) is 0 Å². The highest BCUT2D eigenvalue weighted by molar-refractivity contribution is 6.04. The lowest BCUT2D eigenvalue weighted by molar-refractivity contribution is 0.102. The number of nitrogens with zero attached hydrogens (tertiary/aromatic N) is 3. The van der Waals surface area contributed by atoms with Crippen molar-refractivity contribution in [2.45, 2.75) is 47.5 Å². The summed E-state index contributed by atoms with van der Waals surface area (Å²) in [6.07, 6.45) is 2.07. The van der Waals surface area contributed by atoms with Crippen molar-refractivity contribution in [3.63, 3.8) is 0 Å². The van der Waals surface area contributed by atoms with Crippen LogP contribution in [0.4, 0.5) is 11.5 Å². The van der Waals surface area contributed by atoms with Crippen molar-refractivity contribution in [1.29, 1.82) is 0 Å². The first-order chi connectivity index (χ1) is 12.0. The topological polar surface area (TPSA) is 58.1 Å². The van der Waals surface area contributed by atoms with Crippen LogP contribution in [0.25, 0.3) is 0 Å². The van der Waals surface area contributed by atoms with Crippen LogP contribution in [-0.2, 0) is 0 Å². The van der Waals surface area contributed by atoms with Crippen molar-refractivity contribution in [2.24, 2.45) is 0 Å². The van der Waals surface area contributed by atoms with Crippen molar-refractivity contribution in [1.82, 2.24) is 9.97 Å². The number of hydrogen-bond donors (Lipinski definition) is 1. The summed E-state index contributed by atoms with van der Waals surface area (Å²) >= 11 is 0. The van der Waals surface area contributed by atoms with Crippen molar-refractivity contribution in [2.75, 3.05) is 23.3 Å². The van der Waals surface area contributed by atoms with Crippen LogP contribution < -0.4 is 10.2 Å². The zero-order valence-corrected chi connectivity index (χ0v) is 15.9. The van der Waals surface area contributed by atoms with Crippen LogP contribution in [0.15, 0.2) is 24.3 Å². The minimum Gasteiger partial charge on any atom is -0.357 e. The van der Waals surface area contributed by atoms with E-state index >= 15 is 0 Å². The summed E-state index contributed by atoms with van der Waals surface area (Å²) < 4.78 is 0. The Labute approximate surface area is 150 Å². The molecular weight excluding hydrogens is 312 g/mol. The van der Waals surface area contributed by atoms with Gasteiger partial charge in [0.1, 0.15) is 17.3 Å². The van der Waals surface area contributed by atoms with Gasteiger partial charge >= 0.3 is 0 Å². The zero-order valence-electron chi connectivity index (χ0n) is 15.9. The molecule has 134 valence electrons. The van der Waals surface area contributed by atoms with Crippen molar-refractivity contribution >= 4 is 17.4 Å². The molecule has 2 rings (SSSR count). The van der Waals surface area contributed by atoms with E-state index in [-0.39, 0.29) is 5.91 Å². The van der Waals surface area contributed by atoms with Gasteiger partial charge in [0.25, 0.3) is 5.91 Å². The number of nitrogens with one attached hydrogen (secondary N) is 1. The van der Waals surface area contributed by atoms with E-state index < -0.39 is 0 Å². The number of benzene rings is 1. The molecule has 0 spiro atoms. The Balaban J connectivity index is 2.31. The molecule has 1 amide bonds. The number of anilines is 2. The van der Waals surface area contributed by atoms with Crippen LogP contribution in [0, 0.1) is 20.8 Å². The average molecular weight is 340 g/mol. The van der Waals surface area contributed by atoms with Gasteiger partial charge in [-0.15, -0.1) is 0 Å². The quantitative estimate of drug-likeness (QED) is 0.817. The summed E-state index contributed by atoms with van der Waals surface area (Å²) in [5, 5.41) is 3.00. The third kappa shape index (κ3) is 4.78. The summed E-state index contributed by atoms with van der Waals surface area (Å²) in [6.45, 7) is 11.9. The van der Waals surface area contributed by atoms with Gasteiger partial charge in [-0.1, -0.05) is 32.0 Å². The van der Waals surface area contributed by atoms with E-state index in [0.717, 1.165) is 48.6 Å². The fourth-order valence-electron chi connectivity index (χ4n) is 2.90. The first-order valence-corrected chi connectivity index (χ1v) is 8.94. The SMILES string of the molecule is CCCN(CCC)c1cc(C(=O)Nc2c(C)cccc2C)nc(C)n1. The van der Waals surface area contributed by atoms with Gasteiger partial charge in [0, 0.05) is 24.8 Å². The van der Waals surface area contributed by atoms with E-state index in [4.69, 9.17) is 0 Å². The van der Waals surface area contributed by atoms with Gasteiger partial charge in [-0.25, -0.2) is 9.97 Å². The Morgan fingerprint density at radius 1 is 1.04 bits per heavy atom. The fourth-order valence-corrected chi connectivity index (χ4v) is 2.90. The first kappa shape index (κ1) is 18.9. The molecule has 0 atom stereocenters. The number of carbonyl (C=O) groups is 1. The van der Waals surface area contributed by atoms with Crippen LogP contribution in [0.3, 0.4) is 0 Å². The highest BCUT2D eigenvalue weighted by Gasteiger charge is 2.15. The molecule has 0 fully saturated rings. The minimum absolute atomic E-state index is 0.197. The summed E-state index contributed by atoms with van der Waals surface area (Å²) in [5.74, 6) is 1.24. The summed E-state index contributed by atoms with van der Waals surface area (Å²) in [6, 6.07) is 7.76. The van der Waals surface area contributed by atoms with Crippen molar-refractivity contribution in [3.05, 3.63) is 46.9 Å². The maximum atomic E-state index is 12.7. The monoisotopic (exact) mass is 340 g/mol. The normalized spacial score (nSPS) is 10.6. The van der Waals surface area contributed by atoms with Crippen LogP contribution in [0.2, 0.25) is 0 Å². The van der Waals surface area contributed by atoms with Gasteiger partial charge in [0.15, 0.2) is 0 Å². The molecule has 1 heterocycles. The molecule has 0 unspecified atom stereocenters. The molecule has 0 aliphatic rings. The van der Waals surface area contributed by atoms with E-state index in [1.54, 1.807) is 6.07 Å². The molecule has 25 heavy (non-hydrogen) atoms. The predicted octanol–water partition coefficient (Wildman–Crippen LogP) is 4.28. The lowest BCUT2D eigenvalue weighted by Gasteiger charge is -2.23. The summed E-state index contributed by atoms with van der Waals surface area (Å²) in [4.78, 5) is 23.8. The van der Waals surface area contributed by atoms with Gasteiger partial charge in [0.2, 0.25) is 0 Å². The van der Waals surface area contributed by atoms with E-state index in [1.807, 2.05) is 39.0 Å². The maximum absolute atomic E-state index is 12.7. The molecule has 0 aliphatic heterocycles. The van der Waals surface area contributed by atoms with Gasteiger partial charge in [-0.05, 0) is 44.7 Å². The second-order valence-electron chi connectivity index (χ2n) is 6.37. The van der Waals surface area contributed by atoms with E-state index in [0.29, 0.717) is 11.5 Å². The number of rotatable bonds is 7. The Morgan fingerprint density at radius 2 is 1.64 bits per heavy atom. The van der Waals surface area contributed by atoms with Gasteiger partial charge < -0.3 is 10.2 Å². The summed E-state index contributed by atoms with van der Waals surface area (Å²) in [5.41, 5.74) is 3.34. The fraction of sp³-hybridized carbons (Fsp3) is 0.450. The molecule has 1 aromatic heterocycles. The number of aromatic nitrogens is 2. The summed E-state index contributed by atoms with van der Waals surface area (Å²) in [7, 11) is 0. The zero-order chi connectivity index (χ0) is 18.4. The van der Waals surface area contributed by atoms with Crippen LogP contribution in [-0.4, -0.2) is 29.0 Å². The molecule has 5 nitrogen and oxygen atoms in total. The number of carbonyl (C=O) groups excluding carboxylic acids is 1. The molecule has 0 aliphatic carbocycles. The van der Waals surface area contributed by atoms with Crippen LogP contribution in [0.1, 0.15) is 54.1 Å². The molecule has 0 radical (unpaired) electrons. The van der Waals surface area contributed by atoms with Crippen molar-refractivity contribution < 1.29 is 4.79 Å². The van der Waals surface area contributed by atoms with E-state index in [9.17, 15) is 4.79 Å². The second-order valence-corrected chi connectivity index (χ2v) is 6.37. The average Bonchev–Trinajstić information content (AvgIpc) is 2.57. The van der Waals surface area contributed by atoms with Gasteiger partial charge in [-0.2, -0.15) is 0 Å². The van der Waals surface area contributed by atoms with Gasteiger partial charge in [-0.3, -0.25) is 4.79 Å². The molecule has 2 aromatic rings. The number of hydrogen-bond acceptors (Lipinski definition) is 4. The number of aryl methyl sites for hydroxylation is 3. The molecule has 5 heteroatoms. The highest BCUT2D eigenvalue weighted by Crippen LogP contribution is 2.21. The maximum Gasteiger partial charge on any atom is 0.274 e. The predicted molar refractivity (Wildman–Crippen MR) is 103 cm³/mol. The van der Waals surface area contributed by atoms with Crippen molar-refractivity contribution in [3.8, 4) is 0 Å². The number of amides is 1. The molecule has 0 saturated heterocycles. The lowest BCUT2D eigenvalue weighted by atomic mass is 10.1. The first-order valence-electron chi connectivity index (χ1n) is 8.94. The van der Waals surface area contributed by atoms with Gasteiger partial charge in [0.05, 0.1) is 0 Å². The molecular formula is C20H28N4O. The molecule has 0 saturated carbocycles. The minimum atomic E-state index is -0.197. The van der Waals surface area contributed by atoms with E-state index in [2.05, 4.69) is 34.0 Å². The Hall–Kier alpha value is -2.43. The van der Waals surface area contributed by atoms with Crippen LogP contribution >= 0.6 is 0 Å². The van der Waals surface area contributed by atoms with E-state index in [1.165, 1.54) is 0 Å². The highest BCUT2D eigenvalue weighted by atomic mass is 16.1. The number of para-hydroxylation sites is 1. The lowest BCUT2D eigenvalue weighted by Crippen LogP contribution is -2.27. The Morgan fingerprint density at radius 3 is 2.20 bits per heavy atom. The standard InChI is InChI=1S/C20H28N4O/c1-6-11-24(12-7-2)18-13-17(21-16(5)22-18)20(25)23-19-14(3)9-8-10-15(19)4/h8-10,13H,6-7,11-12H2,1-5H3,(H,23,25). The Bertz CT molecular complexity index is 716. The molecule has 1 aromatic carbocycles. The smallest absolute Gasteiger partial charge is 0.274 e.